The topological polar surface area (TPSA) is 71.1 Å². The molecule has 0 aliphatic rings. The molecule has 0 unspecified atom stereocenters. The van der Waals surface area contributed by atoms with E-state index < -0.39 is 0 Å². The first-order valence-corrected chi connectivity index (χ1v) is 11.6. The van der Waals surface area contributed by atoms with Crippen molar-refractivity contribution in [1.82, 2.24) is 4.98 Å². The molecule has 2 aromatic carbocycles. The van der Waals surface area contributed by atoms with Crippen LogP contribution in [-0.2, 0) is 0 Å². The number of hydrogen-bond donors (Lipinski definition) is 2. The number of aromatic nitrogens is 1. The summed E-state index contributed by atoms with van der Waals surface area (Å²) in [5.74, 6) is -0.518. The fraction of sp³-hybridized carbons (Fsp3) is 0.222. The van der Waals surface area contributed by atoms with E-state index in [1.54, 1.807) is 12.1 Å². The number of amides is 2. The van der Waals surface area contributed by atoms with E-state index in [-0.39, 0.29) is 11.8 Å². The lowest BCUT2D eigenvalue weighted by atomic mass is 10.0. The molecule has 2 amide bonds. The molecule has 2 aromatic heterocycles. The Morgan fingerprint density at radius 2 is 1.33 bits per heavy atom. The minimum atomic E-state index is -0.260. The number of carbonyl (C=O) groups excluding carboxylic acids is 2. The lowest BCUT2D eigenvalue weighted by Crippen LogP contribution is -2.17. The number of nitrogens with zero attached hydrogens (tertiary/aromatic N) is 1. The minimum Gasteiger partial charge on any atom is -0.321 e. The van der Waals surface area contributed by atoms with E-state index in [9.17, 15) is 9.59 Å². The van der Waals surface area contributed by atoms with Crippen LogP contribution in [0, 0.1) is 41.5 Å². The van der Waals surface area contributed by atoms with Crippen LogP contribution < -0.4 is 10.6 Å². The van der Waals surface area contributed by atoms with Crippen LogP contribution in [0.3, 0.4) is 0 Å². The average molecular weight is 458 g/mol. The maximum atomic E-state index is 13.5. The van der Waals surface area contributed by atoms with Crippen LogP contribution in [0.25, 0.3) is 10.2 Å². The third-order valence-electron chi connectivity index (χ3n) is 5.66. The molecule has 2 N–H and O–H groups in total. The van der Waals surface area contributed by atoms with E-state index in [1.165, 1.54) is 11.3 Å². The van der Waals surface area contributed by atoms with Gasteiger partial charge in [0.15, 0.2) is 0 Å². The first-order chi connectivity index (χ1) is 15.6. The second kappa shape index (κ2) is 8.79. The predicted octanol–water partition coefficient (Wildman–Crippen LogP) is 6.65. The van der Waals surface area contributed by atoms with Crippen molar-refractivity contribution in [2.75, 3.05) is 10.6 Å². The summed E-state index contributed by atoms with van der Waals surface area (Å²) in [6, 6.07) is 13.4. The molecule has 5 nitrogen and oxygen atoms in total. The SMILES string of the molecule is Cc1ccc(C(=O)Nc2c(C(=O)Nc3c(C)cc(C)cc3C)sc3nc(C)cc(C)c23)cc1. The number of rotatable bonds is 4. The lowest BCUT2D eigenvalue weighted by Gasteiger charge is -2.13. The summed E-state index contributed by atoms with van der Waals surface area (Å²) in [4.78, 5) is 32.3. The Hall–Kier alpha value is -3.51. The molecule has 0 saturated heterocycles. The Morgan fingerprint density at radius 3 is 1.97 bits per heavy atom. The van der Waals surface area contributed by atoms with Crippen molar-refractivity contribution in [3.8, 4) is 0 Å². The predicted molar refractivity (Wildman–Crippen MR) is 137 cm³/mol. The van der Waals surface area contributed by atoms with E-state index >= 15 is 0 Å². The van der Waals surface area contributed by atoms with Crippen LogP contribution >= 0.6 is 11.3 Å². The highest BCUT2D eigenvalue weighted by atomic mass is 32.1. The van der Waals surface area contributed by atoms with Crippen molar-refractivity contribution >= 4 is 44.7 Å². The highest BCUT2D eigenvalue weighted by Crippen LogP contribution is 2.38. The molecule has 0 bridgehead atoms. The van der Waals surface area contributed by atoms with Crippen molar-refractivity contribution in [2.24, 2.45) is 0 Å². The number of pyridine rings is 1. The standard InChI is InChI=1S/C27H27N3O2S/c1-14-7-9-20(10-8-14)25(31)30-23-21-16(3)13-19(6)28-27(21)33-24(23)26(32)29-22-17(4)11-15(2)12-18(22)5/h7-13H,1-6H3,(H,29,32)(H,30,31). The van der Waals surface area contributed by atoms with E-state index in [2.05, 4.69) is 15.6 Å². The molecule has 6 heteroatoms. The monoisotopic (exact) mass is 457 g/mol. The Bertz CT molecular complexity index is 1380. The third kappa shape index (κ3) is 4.52. The van der Waals surface area contributed by atoms with Crippen molar-refractivity contribution < 1.29 is 9.59 Å². The highest BCUT2D eigenvalue weighted by Gasteiger charge is 2.24. The van der Waals surface area contributed by atoms with Gasteiger partial charge in [-0.15, -0.1) is 11.3 Å². The number of hydrogen-bond acceptors (Lipinski definition) is 4. The lowest BCUT2D eigenvalue weighted by molar-refractivity contribution is 0.102. The minimum absolute atomic E-state index is 0.258. The number of carbonyl (C=O) groups is 2. The molecule has 0 fully saturated rings. The zero-order valence-corrected chi connectivity index (χ0v) is 20.5. The van der Waals surface area contributed by atoms with Gasteiger partial charge in [0.25, 0.3) is 11.8 Å². The molecule has 0 aliphatic carbocycles. The van der Waals surface area contributed by atoms with Gasteiger partial charge in [0.05, 0.1) is 5.69 Å². The molecule has 0 aliphatic heterocycles. The Kier molecular flexibility index (Phi) is 6.04. The van der Waals surface area contributed by atoms with Crippen LogP contribution in [-0.4, -0.2) is 16.8 Å². The molecular weight excluding hydrogens is 430 g/mol. The maximum Gasteiger partial charge on any atom is 0.267 e. The van der Waals surface area contributed by atoms with Gasteiger partial charge in [0.2, 0.25) is 0 Å². The molecule has 33 heavy (non-hydrogen) atoms. The van der Waals surface area contributed by atoms with Gasteiger partial charge < -0.3 is 10.6 Å². The molecular formula is C27H27N3O2S. The van der Waals surface area contributed by atoms with Crippen LogP contribution in [0.4, 0.5) is 11.4 Å². The summed E-state index contributed by atoms with van der Waals surface area (Å²) in [5.41, 5.74) is 7.89. The second-order valence-corrected chi connectivity index (χ2v) is 9.61. The summed E-state index contributed by atoms with van der Waals surface area (Å²) in [6.45, 7) is 11.9. The Labute approximate surface area is 197 Å². The van der Waals surface area contributed by atoms with Gasteiger partial charge in [0.1, 0.15) is 9.71 Å². The second-order valence-electron chi connectivity index (χ2n) is 8.61. The van der Waals surface area contributed by atoms with Crippen molar-refractivity contribution in [1.29, 1.82) is 0 Å². The average Bonchev–Trinajstić information content (AvgIpc) is 3.09. The first-order valence-electron chi connectivity index (χ1n) is 10.8. The van der Waals surface area contributed by atoms with Crippen LogP contribution in [0.15, 0.2) is 42.5 Å². The quantitative estimate of drug-likeness (QED) is 0.360. The van der Waals surface area contributed by atoms with Crippen molar-refractivity contribution in [2.45, 2.75) is 41.5 Å². The van der Waals surface area contributed by atoms with E-state index in [0.717, 1.165) is 49.4 Å². The smallest absolute Gasteiger partial charge is 0.267 e. The number of nitrogens with one attached hydrogen (secondary N) is 2. The molecule has 0 spiro atoms. The van der Waals surface area contributed by atoms with Gasteiger partial charge in [-0.1, -0.05) is 35.4 Å². The zero-order chi connectivity index (χ0) is 23.9. The summed E-state index contributed by atoms with van der Waals surface area (Å²) in [7, 11) is 0. The molecule has 4 aromatic rings. The molecule has 4 rings (SSSR count). The van der Waals surface area contributed by atoms with Crippen molar-refractivity contribution in [3.63, 3.8) is 0 Å². The summed E-state index contributed by atoms with van der Waals surface area (Å²) in [6.07, 6.45) is 0. The summed E-state index contributed by atoms with van der Waals surface area (Å²) < 4.78 is 0. The van der Waals surface area contributed by atoms with Crippen LogP contribution in [0.1, 0.15) is 53.5 Å². The number of benzene rings is 2. The fourth-order valence-corrected chi connectivity index (χ4v) is 5.31. The van der Waals surface area contributed by atoms with Gasteiger partial charge in [-0.25, -0.2) is 4.98 Å². The first kappa shape index (κ1) is 22.7. The van der Waals surface area contributed by atoms with Gasteiger partial charge in [-0.3, -0.25) is 9.59 Å². The number of anilines is 2. The summed E-state index contributed by atoms with van der Waals surface area (Å²) >= 11 is 1.30. The molecule has 168 valence electrons. The normalized spacial score (nSPS) is 11.0. The molecule has 0 saturated carbocycles. The molecule has 0 radical (unpaired) electrons. The highest BCUT2D eigenvalue weighted by molar-refractivity contribution is 7.21. The van der Waals surface area contributed by atoms with Crippen molar-refractivity contribution in [3.05, 3.63) is 86.4 Å². The largest absolute Gasteiger partial charge is 0.321 e. The number of fused-ring (bicyclic) bond motifs is 1. The fourth-order valence-electron chi connectivity index (χ4n) is 4.16. The zero-order valence-electron chi connectivity index (χ0n) is 19.7. The van der Waals surface area contributed by atoms with Gasteiger partial charge in [0, 0.05) is 22.3 Å². The third-order valence-corrected chi connectivity index (χ3v) is 6.74. The van der Waals surface area contributed by atoms with E-state index in [0.29, 0.717) is 16.1 Å². The van der Waals surface area contributed by atoms with Gasteiger partial charge in [-0.2, -0.15) is 0 Å². The van der Waals surface area contributed by atoms with Gasteiger partial charge >= 0.3 is 0 Å². The van der Waals surface area contributed by atoms with E-state index in [4.69, 9.17) is 0 Å². The summed E-state index contributed by atoms with van der Waals surface area (Å²) in [5, 5.41) is 6.88. The molecule has 2 heterocycles. The Balaban J connectivity index is 1.79. The molecule has 0 atom stereocenters. The van der Waals surface area contributed by atoms with Gasteiger partial charge in [-0.05, 0) is 76.4 Å². The Morgan fingerprint density at radius 1 is 0.727 bits per heavy atom. The maximum absolute atomic E-state index is 13.5. The number of aryl methyl sites for hydroxylation is 6. The number of thiophene rings is 1. The van der Waals surface area contributed by atoms with Crippen LogP contribution in [0.2, 0.25) is 0 Å². The van der Waals surface area contributed by atoms with E-state index in [1.807, 2.05) is 71.9 Å². The van der Waals surface area contributed by atoms with Crippen LogP contribution in [0.5, 0.6) is 0 Å².